The lowest BCUT2D eigenvalue weighted by molar-refractivity contribution is -0.124. The highest BCUT2D eigenvalue weighted by Gasteiger charge is 2.30. The lowest BCUT2D eigenvalue weighted by atomic mass is 10.1. The number of carbonyl (C=O) groups excluding carboxylic acids is 3. The second-order valence-electron chi connectivity index (χ2n) is 9.22. The number of hydrogen-bond donors (Lipinski definition) is 3. The van der Waals surface area contributed by atoms with Crippen LogP contribution in [0, 0.1) is 5.82 Å². The summed E-state index contributed by atoms with van der Waals surface area (Å²) in [7, 11) is 1.82. The van der Waals surface area contributed by atoms with Gasteiger partial charge in [-0.1, -0.05) is 18.0 Å². The van der Waals surface area contributed by atoms with Gasteiger partial charge in [-0.25, -0.2) is 18.2 Å². The Kier molecular flexibility index (Phi) is 7.14. The molecular weight excluding hydrogens is 527 g/mol. The Labute approximate surface area is 227 Å². The van der Waals surface area contributed by atoms with Crippen molar-refractivity contribution in [2.75, 3.05) is 31.3 Å². The first kappa shape index (κ1) is 26.4. The SMILES string of the molecule is C=C1Oc2ccc(CNC(=O)c3cc(C(=O)NC(C)C(=O)NC4CN(SC)C4)n4ncc(F)c4n3)cc2N1C. The molecule has 0 radical (unpaired) electrons. The van der Waals surface area contributed by atoms with Gasteiger partial charge in [0.05, 0.1) is 17.9 Å². The highest BCUT2D eigenvalue weighted by molar-refractivity contribution is 7.96. The molecule has 4 heterocycles. The number of fused-ring (bicyclic) bond motifs is 2. The number of aromatic nitrogens is 3. The van der Waals surface area contributed by atoms with Crippen LogP contribution in [0.15, 0.2) is 42.9 Å². The Morgan fingerprint density at radius 2 is 2.03 bits per heavy atom. The van der Waals surface area contributed by atoms with Gasteiger partial charge in [-0.2, -0.15) is 5.10 Å². The molecule has 1 saturated heterocycles. The fourth-order valence-corrected chi connectivity index (χ4v) is 4.84. The number of nitrogens with one attached hydrogen (secondary N) is 3. The molecule has 3 aromatic rings. The monoisotopic (exact) mass is 554 g/mol. The zero-order chi connectivity index (χ0) is 27.8. The Hall–Kier alpha value is -4.17. The summed E-state index contributed by atoms with van der Waals surface area (Å²) in [5.41, 5.74) is 0.996. The van der Waals surface area contributed by atoms with E-state index < -0.39 is 23.7 Å². The number of carbonyl (C=O) groups is 3. The van der Waals surface area contributed by atoms with Crippen molar-refractivity contribution < 1.29 is 23.5 Å². The maximum atomic E-state index is 14.4. The molecule has 14 heteroatoms. The number of ether oxygens (including phenoxy) is 1. The van der Waals surface area contributed by atoms with E-state index in [0.717, 1.165) is 35.1 Å². The van der Waals surface area contributed by atoms with Crippen LogP contribution in [-0.2, 0) is 11.3 Å². The van der Waals surface area contributed by atoms with E-state index in [-0.39, 0.29) is 35.5 Å². The predicted molar refractivity (Wildman–Crippen MR) is 143 cm³/mol. The molecule has 0 aliphatic carbocycles. The third-order valence-corrected chi connectivity index (χ3v) is 7.34. The molecule has 3 amide bonds. The summed E-state index contributed by atoms with van der Waals surface area (Å²) >= 11 is 1.60. The molecule has 2 aliphatic heterocycles. The number of hydrogen-bond acceptors (Lipinski definition) is 9. The van der Waals surface area contributed by atoms with Gasteiger partial charge in [-0.3, -0.25) is 14.4 Å². The largest absolute Gasteiger partial charge is 0.439 e. The third kappa shape index (κ3) is 5.25. The van der Waals surface area contributed by atoms with Gasteiger partial charge >= 0.3 is 0 Å². The van der Waals surface area contributed by atoms with Crippen molar-refractivity contribution in [3.63, 3.8) is 0 Å². The van der Waals surface area contributed by atoms with Crippen LogP contribution in [0.4, 0.5) is 10.1 Å². The van der Waals surface area contributed by atoms with Crippen LogP contribution in [0.25, 0.3) is 5.65 Å². The highest BCUT2D eigenvalue weighted by Crippen LogP contribution is 2.37. The van der Waals surface area contributed by atoms with Crippen LogP contribution in [-0.4, -0.2) is 75.1 Å². The number of anilines is 1. The molecule has 0 bridgehead atoms. The topological polar surface area (TPSA) is 133 Å². The maximum Gasteiger partial charge on any atom is 0.270 e. The fraction of sp³-hybridized carbons (Fsp3) is 0.320. The van der Waals surface area contributed by atoms with Crippen molar-refractivity contribution in [1.29, 1.82) is 0 Å². The lowest BCUT2D eigenvalue weighted by Crippen LogP contribution is -2.59. The van der Waals surface area contributed by atoms with Crippen molar-refractivity contribution in [1.82, 2.24) is 34.9 Å². The second-order valence-corrected chi connectivity index (χ2v) is 10.1. The lowest BCUT2D eigenvalue weighted by Gasteiger charge is -2.38. The smallest absolute Gasteiger partial charge is 0.270 e. The van der Waals surface area contributed by atoms with Crippen molar-refractivity contribution in [3.8, 4) is 5.75 Å². The molecule has 1 fully saturated rings. The number of halogens is 1. The van der Waals surface area contributed by atoms with Crippen LogP contribution in [0.2, 0.25) is 0 Å². The minimum atomic E-state index is -0.875. The highest BCUT2D eigenvalue weighted by atomic mass is 32.2. The standard InChI is InChI=1S/C25H27FN8O4S/c1-13(23(35)30-16-11-33(12-16)39-4)29-25(37)20-8-18(31-22-17(26)10-28-34(20)22)24(36)27-9-15-5-6-21-19(7-15)32(3)14(2)38-21/h5-8,10,13,16H,2,9,11-12H2,1,3-4H3,(H,27,36)(H,29,37)(H,30,35). The van der Waals surface area contributed by atoms with E-state index in [0.29, 0.717) is 11.6 Å². The number of benzene rings is 1. The molecule has 3 N–H and O–H groups in total. The zero-order valence-electron chi connectivity index (χ0n) is 21.5. The van der Waals surface area contributed by atoms with Crippen molar-refractivity contribution in [2.45, 2.75) is 25.6 Å². The Morgan fingerprint density at radius 3 is 2.77 bits per heavy atom. The summed E-state index contributed by atoms with van der Waals surface area (Å²) in [5.74, 6) is -1.31. The third-order valence-electron chi connectivity index (χ3n) is 6.53. The molecule has 2 aromatic heterocycles. The van der Waals surface area contributed by atoms with E-state index in [2.05, 4.69) is 36.9 Å². The predicted octanol–water partition coefficient (Wildman–Crippen LogP) is 1.29. The molecule has 1 unspecified atom stereocenters. The molecule has 0 spiro atoms. The van der Waals surface area contributed by atoms with E-state index in [9.17, 15) is 18.8 Å². The van der Waals surface area contributed by atoms with Crippen LogP contribution in [0.1, 0.15) is 33.5 Å². The normalized spacial score (nSPS) is 15.9. The maximum absolute atomic E-state index is 14.4. The number of amides is 3. The Balaban J connectivity index is 1.29. The van der Waals surface area contributed by atoms with Gasteiger partial charge in [0.2, 0.25) is 5.91 Å². The van der Waals surface area contributed by atoms with Crippen molar-refractivity contribution in [3.05, 3.63) is 65.7 Å². The minimum Gasteiger partial charge on any atom is -0.439 e. The molecule has 1 aromatic carbocycles. The van der Waals surface area contributed by atoms with Crippen molar-refractivity contribution in [2.24, 2.45) is 0 Å². The molecule has 204 valence electrons. The van der Waals surface area contributed by atoms with E-state index in [4.69, 9.17) is 4.74 Å². The second kappa shape index (κ2) is 10.5. The van der Waals surface area contributed by atoms with Gasteiger partial charge in [0.25, 0.3) is 11.8 Å². The van der Waals surface area contributed by atoms with Gasteiger partial charge in [0, 0.05) is 32.7 Å². The zero-order valence-corrected chi connectivity index (χ0v) is 22.3. The molecule has 2 aliphatic rings. The summed E-state index contributed by atoms with van der Waals surface area (Å²) in [4.78, 5) is 44.5. The van der Waals surface area contributed by atoms with Crippen LogP contribution in [0.5, 0.6) is 5.75 Å². The quantitative estimate of drug-likeness (QED) is 0.352. The van der Waals surface area contributed by atoms with Crippen LogP contribution < -0.4 is 25.6 Å². The summed E-state index contributed by atoms with van der Waals surface area (Å²) in [6.07, 6.45) is 2.86. The van der Waals surface area contributed by atoms with E-state index in [1.165, 1.54) is 6.07 Å². The van der Waals surface area contributed by atoms with Gasteiger partial charge in [-0.15, -0.1) is 0 Å². The summed E-state index contributed by atoms with van der Waals surface area (Å²) in [5, 5.41) is 12.1. The first-order valence-electron chi connectivity index (χ1n) is 12.1. The number of nitrogens with zero attached hydrogens (tertiary/aromatic N) is 5. The minimum absolute atomic E-state index is 0.00450. The fourth-order valence-electron chi connectivity index (χ4n) is 4.18. The van der Waals surface area contributed by atoms with Crippen LogP contribution in [0.3, 0.4) is 0 Å². The Morgan fingerprint density at radius 1 is 1.26 bits per heavy atom. The summed E-state index contributed by atoms with van der Waals surface area (Å²) < 4.78 is 23.1. The van der Waals surface area contributed by atoms with E-state index >= 15 is 0 Å². The molecule has 1 atom stereocenters. The van der Waals surface area contributed by atoms with E-state index in [1.54, 1.807) is 35.9 Å². The van der Waals surface area contributed by atoms with Gasteiger partial charge < -0.3 is 25.6 Å². The average molecular weight is 555 g/mol. The van der Waals surface area contributed by atoms with Gasteiger partial charge in [0.1, 0.15) is 17.4 Å². The molecular formula is C25H27FN8O4S. The molecule has 5 rings (SSSR count). The molecule has 12 nitrogen and oxygen atoms in total. The summed E-state index contributed by atoms with van der Waals surface area (Å²) in [6.45, 7) is 6.95. The molecule has 39 heavy (non-hydrogen) atoms. The molecule has 0 saturated carbocycles. The van der Waals surface area contributed by atoms with E-state index in [1.807, 2.05) is 19.4 Å². The average Bonchev–Trinajstić information content (AvgIpc) is 3.41. The summed E-state index contributed by atoms with van der Waals surface area (Å²) in [6, 6.07) is 5.78. The Bertz CT molecular complexity index is 1490. The van der Waals surface area contributed by atoms with Crippen LogP contribution >= 0.6 is 11.9 Å². The first-order valence-corrected chi connectivity index (χ1v) is 13.3. The van der Waals surface area contributed by atoms with Gasteiger partial charge in [-0.05, 0) is 37.5 Å². The number of rotatable bonds is 8. The van der Waals surface area contributed by atoms with Crippen molar-refractivity contribution >= 4 is 41.0 Å². The first-order chi connectivity index (χ1) is 18.6. The van der Waals surface area contributed by atoms with Gasteiger partial charge in [0.15, 0.2) is 23.1 Å².